The number of anilines is 1. The summed E-state index contributed by atoms with van der Waals surface area (Å²) < 4.78 is 42.6. The number of rotatable bonds is 7. The molecule has 174 valence electrons. The smallest absolute Gasteiger partial charge is 0.250 e. The molecule has 6 nitrogen and oxygen atoms in total. The number of carbonyl (C=O) groups is 1. The maximum atomic E-state index is 13.4. The molecule has 0 saturated carbocycles. The monoisotopic (exact) mass is 551 g/mol. The van der Waals surface area contributed by atoms with Crippen LogP contribution in [0.25, 0.3) is 0 Å². The van der Waals surface area contributed by atoms with Gasteiger partial charge in [-0.2, -0.15) is 4.72 Å². The molecule has 0 radical (unpaired) electrons. The van der Waals surface area contributed by atoms with E-state index in [1.807, 2.05) is 30.3 Å². The molecule has 0 bridgehead atoms. The maximum absolute atomic E-state index is 13.4. The summed E-state index contributed by atoms with van der Waals surface area (Å²) in [7, 11) is -3.86. The van der Waals surface area contributed by atoms with E-state index in [2.05, 4.69) is 25.6 Å². The van der Waals surface area contributed by atoms with Gasteiger partial charge in [0, 0.05) is 31.9 Å². The number of halogens is 2. The van der Waals surface area contributed by atoms with Crippen molar-refractivity contribution < 1.29 is 17.6 Å². The molecule has 33 heavy (non-hydrogen) atoms. The third kappa shape index (κ3) is 6.00. The summed E-state index contributed by atoms with van der Waals surface area (Å²) in [6, 6.07) is 17.9. The Kier molecular flexibility index (Phi) is 7.48. The van der Waals surface area contributed by atoms with E-state index in [4.69, 9.17) is 0 Å². The predicted molar refractivity (Wildman–Crippen MR) is 131 cm³/mol. The van der Waals surface area contributed by atoms with E-state index in [-0.39, 0.29) is 22.4 Å². The zero-order valence-electron chi connectivity index (χ0n) is 17.7. The van der Waals surface area contributed by atoms with E-state index in [9.17, 15) is 17.6 Å². The summed E-state index contributed by atoms with van der Waals surface area (Å²) >= 11 is 4.39. The lowest BCUT2D eigenvalue weighted by atomic mass is 10.1. The molecule has 1 amide bonds. The number of piperazine rings is 1. The van der Waals surface area contributed by atoms with Crippen LogP contribution in [0.1, 0.15) is 5.56 Å². The molecule has 1 N–H and O–H groups in total. The second-order valence-electron chi connectivity index (χ2n) is 7.71. The van der Waals surface area contributed by atoms with E-state index in [1.165, 1.54) is 18.2 Å². The summed E-state index contributed by atoms with van der Waals surface area (Å²) in [5.74, 6) is -0.543. The van der Waals surface area contributed by atoms with Gasteiger partial charge in [0.1, 0.15) is 16.1 Å². The standard InChI is InChI=1S/C23H23BrFN3O3S2/c24-21-10-11-22(32-21)33(30,31)26-20(16-17-4-2-1-3-5-17)23(29)28-14-12-27(13-15-28)19-8-6-18(25)7-9-19/h1-11,20,26H,12-16H2. The van der Waals surface area contributed by atoms with Gasteiger partial charge in [0.05, 0.1) is 3.79 Å². The Morgan fingerprint density at radius 1 is 1.00 bits per heavy atom. The molecule has 4 rings (SSSR count). The van der Waals surface area contributed by atoms with Gasteiger partial charge < -0.3 is 9.80 Å². The van der Waals surface area contributed by atoms with Gasteiger partial charge in [0.25, 0.3) is 10.0 Å². The van der Waals surface area contributed by atoms with Crippen LogP contribution in [0.15, 0.2) is 74.7 Å². The lowest BCUT2D eigenvalue weighted by Crippen LogP contribution is -2.55. The largest absolute Gasteiger partial charge is 0.368 e. The number of hydrogen-bond acceptors (Lipinski definition) is 5. The quantitative estimate of drug-likeness (QED) is 0.483. The third-order valence-corrected chi connectivity index (χ3v) is 9.06. The lowest BCUT2D eigenvalue weighted by molar-refractivity contribution is -0.133. The fourth-order valence-corrected chi connectivity index (χ4v) is 6.99. The minimum absolute atomic E-state index is 0.154. The number of benzene rings is 2. The minimum atomic E-state index is -3.86. The van der Waals surface area contributed by atoms with Crippen molar-refractivity contribution in [3.63, 3.8) is 0 Å². The molecule has 2 aromatic carbocycles. The van der Waals surface area contributed by atoms with Crippen molar-refractivity contribution in [2.24, 2.45) is 0 Å². The second-order valence-corrected chi connectivity index (χ2v) is 12.1. The summed E-state index contributed by atoms with van der Waals surface area (Å²) in [5.41, 5.74) is 1.77. The lowest BCUT2D eigenvalue weighted by Gasteiger charge is -2.37. The Morgan fingerprint density at radius 3 is 2.27 bits per heavy atom. The molecule has 10 heteroatoms. The number of sulfonamides is 1. The van der Waals surface area contributed by atoms with Crippen molar-refractivity contribution in [1.82, 2.24) is 9.62 Å². The SMILES string of the molecule is O=C(C(Cc1ccccc1)NS(=O)(=O)c1ccc(Br)s1)N1CCN(c2ccc(F)cc2)CC1. The van der Waals surface area contributed by atoms with Crippen LogP contribution in [-0.2, 0) is 21.2 Å². The van der Waals surface area contributed by atoms with Gasteiger partial charge in [-0.3, -0.25) is 4.79 Å². The fraction of sp³-hybridized carbons (Fsp3) is 0.261. The number of thiophene rings is 1. The molecule has 1 aliphatic heterocycles. The van der Waals surface area contributed by atoms with Crippen LogP contribution in [0.4, 0.5) is 10.1 Å². The van der Waals surface area contributed by atoms with E-state index in [1.54, 1.807) is 23.1 Å². The van der Waals surface area contributed by atoms with Crippen LogP contribution in [0.2, 0.25) is 0 Å². The van der Waals surface area contributed by atoms with E-state index in [0.29, 0.717) is 30.0 Å². The van der Waals surface area contributed by atoms with Crippen molar-refractivity contribution in [2.75, 3.05) is 31.1 Å². The molecule has 2 heterocycles. The molecular formula is C23H23BrFN3O3S2. The molecule has 1 aromatic heterocycles. The Hall–Kier alpha value is -2.27. The van der Waals surface area contributed by atoms with Crippen LogP contribution in [0.5, 0.6) is 0 Å². The summed E-state index contributed by atoms with van der Waals surface area (Å²) in [6.45, 7) is 2.07. The molecule has 1 atom stereocenters. The highest BCUT2D eigenvalue weighted by Crippen LogP contribution is 2.26. The number of nitrogens with one attached hydrogen (secondary N) is 1. The first-order chi connectivity index (χ1) is 15.8. The van der Waals surface area contributed by atoms with Crippen LogP contribution in [0, 0.1) is 5.82 Å². The molecule has 0 aliphatic carbocycles. The highest BCUT2D eigenvalue weighted by Gasteiger charge is 2.32. The zero-order valence-corrected chi connectivity index (χ0v) is 20.9. The minimum Gasteiger partial charge on any atom is -0.368 e. The first-order valence-electron chi connectivity index (χ1n) is 10.4. The zero-order chi connectivity index (χ0) is 23.4. The predicted octanol–water partition coefficient (Wildman–Crippen LogP) is 3.89. The Bertz CT molecular complexity index is 1200. The second kappa shape index (κ2) is 10.3. The van der Waals surface area contributed by atoms with Crippen LogP contribution >= 0.6 is 27.3 Å². The number of amides is 1. The van der Waals surface area contributed by atoms with Gasteiger partial charge in [-0.25, -0.2) is 12.8 Å². The van der Waals surface area contributed by atoms with Gasteiger partial charge in [-0.15, -0.1) is 11.3 Å². The highest BCUT2D eigenvalue weighted by molar-refractivity contribution is 9.11. The van der Waals surface area contributed by atoms with Gasteiger partial charge >= 0.3 is 0 Å². The van der Waals surface area contributed by atoms with Crippen molar-refractivity contribution in [1.29, 1.82) is 0 Å². The summed E-state index contributed by atoms with van der Waals surface area (Å²) in [6.07, 6.45) is 0.254. The summed E-state index contributed by atoms with van der Waals surface area (Å²) in [5, 5.41) is 0. The topological polar surface area (TPSA) is 69.7 Å². The Morgan fingerprint density at radius 2 is 1.67 bits per heavy atom. The van der Waals surface area contributed by atoms with Crippen LogP contribution in [0.3, 0.4) is 0 Å². The molecule has 0 spiro atoms. The van der Waals surface area contributed by atoms with E-state index < -0.39 is 16.1 Å². The molecule has 1 aliphatic rings. The van der Waals surface area contributed by atoms with Gasteiger partial charge in [-0.1, -0.05) is 30.3 Å². The third-order valence-electron chi connectivity index (χ3n) is 5.47. The maximum Gasteiger partial charge on any atom is 0.250 e. The van der Waals surface area contributed by atoms with Gasteiger partial charge in [-0.05, 0) is 64.3 Å². The van der Waals surface area contributed by atoms with Gasteiger partial charge in [0.15, 0.2) is 0 Å². The van der Waals surface area contributed by atoms with E-state index >= 15 is 0 Å². The van der Waals surface area contributed by atoms with Crippen molar-refractivity contribution in [2.45, 2.75) is 16.7 Å². The molecule has 1 unspecified atom stereocenters. The molecule has 1 saturated heterocycles. The summed E-state index contributed by atoms with van der Waals surface area (Å²) in [4.78, 5) is 17.2. The Labute approximate surface area is 205 Å². The average molecular weight is 552 g/mol. The average Bonchev–Trinajstić information content (AvgIpc) is 3.27. The fourth-order valence-electron chi connectivity index (χ4n) is 3.77. The number of hydrogen-bond donors (Lipinski definition) is 1. The normalized spacial score (nSPS) is 15.5. The first-order valence-corrected chi connectivity index (χ1v) is 13.5. The number of carbonyl (C=O) groups excluding carboxylic acids is 1. The highest BCUT2D eigenvalue weighted by atomic mass is 79.9. The van der Waals surface area contributed by atoms with E-state index in [0.717, 1.165) is 22.6 Å². The molecular weight excluding hydrogens is 529 g/mol. The van der Waals surface area contributed by atoms with Crippen molar-refractivity contribution in [3.8, 4) is 0 Å². The van der Waals surface area contributed by atoms with Gasteiger partial charge in [0.2, 0.25) is 5.91 Å². The van der Waals surface area contributed by atoms with Crippen LogP contribution < -0.4 is 9.62 Å². The van der Waals surface area contributed by atoms with Crippen molar-refractivity contribution in [3.05, 3.63) is 81.9 Å². The Balaban J connectivity index is 1.49. The number of nitrogens with zero attached hydrogens (tertiary/aromatic N) is 2. The van der Waals surface area contributed by atoms with Crippen LogP contribution in [-0.4, -0.2) is 51.4 Å². The molecule has 1 fully saturated rings. The van der Waals surface area contributed by atoms with Crippen molar-refractivity contribution >= 4 is 48.9 Å². The molecule has 3 aromatic rings. The first kappa shape index (κ1) is 23.9.